The van der Waals surface area contributed by atoms with E-state index >= 15 is 0 Å². The minimum absolute atomic E-state index is 0.0652. The first-order valence-electron chi connectivity index (χ1n) is 25.6. The number of ketones is 3. The van der Waals surface area contributed by atoms with Crippen LogP contribution in [0.1, 0.15) is 93.1 Å². The van der Waals surface area contributed by atoms with Gasteiger partial charge in [-0.2, -0.15) is 35.3 Å². The molecule has 5 N–H and O–H groups in total. The molecular weight excluding hydrogens is 1060 g/mol. The first-order chi connectivity index (χ1) is 37.2. The predicted octanol–water partition coefficient (Wildman–Crippen LogP) is 3.70. The molecule has 8 rings (SSSR count). The van der Waals surface area contributed by atoms with Crippen LogP contribution in [0.25, 0.3) is 0 Å². The van der Waals surface area contributed by atoms with E-state index in [-0.39, 0.29) is 77.7 Å². The first-order valence-corrected chi connectivity index (χ1v) is 29.5. The number of phenols is 2. The van der Waals surface area contributed by atoms with E-state index in [9.17, 15) is 39.3 Å². The van der Waals surface area contributed by atoms with Crippen LogP contribution in [0.2, 0.25) is 0 Å². The number of hydrogen-bond acceptors (Lipinski definition) is 22. The third-order valence-electron chi connectivity index (χ3n) is 14.0. The number of nitrogens with zero attached hydrogens (tertiary/aromatic N) is 2. The van der Waals surface area contributed by atoms with Gasteiger partial charge in [0.15, 0.2) is 30.4 Å². The first kappa shape index (κ1) is 58.6. The van der Waals surface area contributed by atoms with E-state index in [1.54, 1.807) is 23.5 Å². The molecule has 4 heterocycles. The van der Waals surface area contributed by atoms with Crippen LogP contribution < -0.4 is 20.1 Å². The average molecular weight is 1130 g/mol. The van der Waals surface area contributed by atoms with E-state index in [2.05, 4.69) is 20.5 Å². The maximum atomic E-state index is 14.2. The molecule has 3 aliphatic heterocycles. The highest BCUT2D eigenvalue weighted by molar-refractivity contribution is 7.99. The quantitative estimate of drug-likeness (QED) is 0.0421. The molecule has 21 nitrogen and oxygen atoms in total. The molecule has 2 amide bonds. The summed E-state index contributed by atoms with van der Waals surface area (Å²) in [5.41, 5.74) is -1.78. The van der Waals surface area contributed by atoms with Crippen molar-refractivity contribution in [2.45, 2.75) is 99.3 Å². The van der Waals surface area contributed by atoms with Gasteiger partial charge in [-0.3, -0.25) is 33.9 Å². The van der Waals surface area contributed by atoms with Gasteiger partial charge in [0.2, 0.25) is 11.7 Å². The summed E-state index contributed by atoms with van der Waals surface area (Å²) in [5, 5.41) is 41.7. The van der Waals surface area contributed by atoms with Crippen molar-refractivity contribution in [1.82, 2.24) is 20.5 Å². The van der Waals surface area contributed by atoms with Crippen molar-refractivity contribution >= 4 is 64.4 Å². The molecule has 0 spiro atoms. The lowest BCUT2D eigenvalue weighted by molar-refractivity contribution is -0.256. The summed E-state index contributed by atoms with van der Waals surface area (Å²) < 4.78 is 53.1. The summed E-state index contributed by atoms with van der Waals surface area (Å²) in [6, 6.07) is 8.10. The molecule has 0 radical (unpaired) electrons. The third kappa shape index (κ3) is 13.5. The van der Waals surface area contributed by atoms with E-state index in [0.29, 0.717) is 57.6 Å². The van der Waals surface area contributed by atoms with Gasteiger partial charge in [-0.25, -0.2) is 0 Å². The van der Waals surface area contributed by atoms with Crippen LogP contribution >= 0.6 is 35.3 Å². The van der Waals surface area contributed by atoms with Gasteiger partial charge >= 0.3 is 0 Å². The van der Waals surface area contributed by atoms with Gasteiger partial charge in [0, 0.05) is 110 Å². The third-order valence-corrected chi connectivity index (χ3v) is 16.1. The number of thioether (sulfide) groups is 3. The molecule has 420 valence electrons. The highest BCUT2D eigenvalue weighted by Gasteiger charge is 2.55. The van der Waals surface area contributed by atoms with Crippen LogP contribution in [0.15, 0.2) is 30.3 Å². The van der Waals surface area contributed by atoms with Gasteiger partial charge < -0.3 is 68.6 Å². The number of aromatic nitrogens is 1. The van der Waals surface area contributed by atoms with Crippen LogP contribution in [0.4, 0.5) is 0 Å². The van der Waals surface area contributed by atoms with Crippen LogP contribution in [0.3, 0.4) is 0 Å². The van der Waals surface area contributed by atoms with E-state index in [0.717, 1.165) is 28.6 Å². The number of hydrogen-bond donors (Lipinski definition) is 5. The number of amides is 2. The minimum Gasteiger partial charge on any atom is -0.507 e. The number of nitrogens with one attached hydrogen (secondary N) is 2. The molecule has 0 saturated carbocycles. The Kier molecular flexibility index (Phi) is 20.6. The van der Waals surface area contributed by atoms with Crippen molar-refractivity contribution in [2.75, 3.05) is 97.5 Å². The number of morpholine rings is 1. The van der Waals surface area contributed by atoms with Gasteiger partial charge in [-0.05, 0) is 25.5 Å². The molecule has 1 aromatic heterocycles. The summed E-state index contributed by atoms with van der Waals surface area (Å²) in [5.74, 6) is -0.951. The van der Waals surface area contributed by atoms with E-state index in [1.165, 1.54) is 44.2 Å². The molecule has 2 aromatic carbocycles. The Morgan fingerprint density at radius 3 is 2.35 bits per heavy atom. The normalized spacial score (nSPS) is 24.5. The van der Waals surface area contributed by atoms with Gasteiger partial charge in [0.25, 0.3) is 5.91 Å². The van der Waals surface area contributed by atoms with Gasteiger partial charge in [-0.1, -0.05) is 12.1 Å². The lowest BCUT2D eigenvalue weighted by Gasteiger charge is -2.43. The highest BCUT2D eigenvalue weighted by Crippen LogP contribution is 2.53. The summed E-state index contributed by atoms with van der Waals surface area (Å²) in [6.07, 6.45) is -0.989. The molecule has 0 bridgehead atoms. The standard InChI is InChI=1S/C53H68N4O17S3/c1-29-49-36(57-12-14-71-51(67-3)50(57)74-49)23-40(72-29)73-38-25-53(65,24-35-42(38)48(63)44-43(46(35)61)45(60)34-7-6-8-37(66-2)41(34)47(44)62)52(64)55-26-32(58)10-19-77-20-11-54-39(59)9-13-68-15-16-69-17-18-70-33-21-30(27-75-4)56-31(22-33)28-76-5/h6-8,21-22,29,36,38,40,49-51,61,63,65H,9-20,23-28H2,1-5H3,(H,54,59)(H,55,64)/t29-,36-,38-,40-,49+,50+,51-,53-/m0/s1. The second-order valence-corrected chi connectivity index (χ2v) is 22.1. The second kappa shape index (κ2) is 27.1. The average Bonchev–Trinajstić information content (AvgIpc) is 3.95. The van der Waals surface area contributed by atoms with Crippen molar-refractivity contribution < 1.29 is 81.9 Å². The number of phenolic OH excluding ortho intramolecular Hbond substituents is 2. The Balaban J connectivity index is 0.806. The molecule has 8 atom stereocenters. The highest BCUT2D eigenvalue weighted by atomic mass is 32.2. The van der Waals surface area contributed by atoms with Crippen LogP contribution in [-0.4, -0.2) is 195 Å². The molecule has 3 aromatic rings. The topological polar surface area (TPSA) is 269 Å². The number of ether oxygens (including phenoxy) is 9. The van der Waals surface area contributed by atoms with E-state index in [1.807, 2.05) is 31.6 Å². The second-order valence-electron chi connectivity index (χ2n) is 19.1. The number of aromatic hydroxyl groups is 2. The molecular formula is C53H68N4O17S3. The number of methoxy groups -OCH3 is 2. The van der Waals surface area contributed by atoms with Crippen LogP contribution in [0, 0.1) is 0 Å². The monoisotopic (exact) mass is 1130 g/mol. The molecule has 5 aliphatic rings. The summed E-state index contributed by atoms with van der Waals surface area (Å²) in [7, 11) is 2.87. The Hall–Kier alpha value is -4.57. The Bertz CT molecular complexity index is 2610. The number of aliphatic hydroxyl groups is 1. The van der Waals surface area contributed by atoms with Gasteiger partial charge in [-0.15, -0.1) is 0 Å². The van der Waals surface area contributed by atoms with E-state index < -0.39 is 96.1 Å². The van der Waals surface area contributed by atoms with E-state index in [4.69, 9.17) is 42.6 Å². The smallest absolute Gasteiger partial charge is 0.252 e. The molecule has 0 unspecified atom stereocenters. The lowest BCUT2D eigenvalue weighted by Crippen LogP contribution is -2.55. The molecule has 3 fully saturated rings. The number of Topliss-reactive ketones (excluding diaryl/α,β-unsaturated/α-hetero) is 1. The number of benzene rings is 2. The number of carbonyl (C=O) groups excluding carboxylic acids is 5. The molecule has 77 heavy (non-hydrogen) atoms. The maximum Gasteiger partial charge on any atom is 0.252 e. The number of fused-ring (bicyclic) bond motifs is 6. The molecule has 3 saturated heterocycles. The Morgan fingerprint density at radius 1 is 0.896 bits per heavy atom. The number of rotatable bonds is 27. The van der Waals surface area contributed by atoms with Crippen molar-refractivity contribution in [1.29, 1.82) is 0 Å². The minimum atomic E-state index is -2.35. The zero-order chi connectivity index (χ0) is 54.8. The van der Waals surface area contributed by atoms with Crippen molar-refractivity contribution in [2.24, 2.45) is 0 Å². The summed E-state index contributed by atoms with van der Waals surface area (Å²) >= 11 is 4.86. The zero-order valence-corrected chi connectivity index (χ0v) is 46.3. The fourth-order valence-electron chi connectivity index (χ4n) is 10.4. The molecule has 24 heteroatoms. The van der Waals surface area contributed by atoms with Gasteiger partial charge in [0.1, 0.15) is 41.3 Å². The number of carbonyl (C=O) groups is 5. The predicted molar refractivity (Wildman–Crippen MR) is 285 cm³/mol. The van der Waals surface area contributed by atoms with Crippen molar-refractivity contribution in [3.8, 4) is 23.0 Å². The maximum absolute atomic E-state index is 14.2. The molecule has 2 aliphatic carbocycles. The SMILES string of the molecule is COc1cccc2c1C(=O)c1c(O)c3c(c(O)c1C2=O)C[C@@](O)(C(=O)NCC(=O)CCSCCNC(=O)CCOCCOCCOc1cc(CSC)nc(CSC)c1)C[C@@H]3O[C@H]1C[C@H]2[C@H](O[C@@H]3[C@@H](OC)OCCN32)[C@H](C)O1. The van der Waals surface area contributed by atoms with Crippen LogP contribution in [0.5, 0.6) is 23.0 Å². The summed E-state index contributed by atoms with van der Waals surface area (Å²) in [6.45, 7) is 4.39. The fraction of sp³-hybridized carbons (Fsp3) is 0.585. The lowest BCUT2D eigenvalue weighted by atomic mass is 9.72. The Labute approximate surface area is 459 Å². The van der Waals surface area contributed by atoms with Crippen molar-refractivity contribution in [3.05, 3.63) is 75.1 Å². The largest absolute Gasteiger partial charge is 0.507 e. The van der Waals surface area contributed by atoms with Crippen LogP contribution in [-0.2, 0) is 65.5 Å². The van der Waals surface area contributed by atoms with Crippen molar-refractivity contribution in [3.63, 3.8) is 0 Å². The number of pyridine rings is 1. The Morgan fingerprint density at radius 2 is 1.62 bits per heavy atom. The summed E-state index contributed by atoms with van der Waals surface area (Å²) in [4.78, 5) is 74.6. The fourth-order valence-corrected chi connectivity index (χ4v) is 12.1. The zero-order valence-electron chi connectivity index (χ0n) is 43.8. The van der Waals surface area contributed by atoms with Gasteiger partial charge in [0.05, 0.1) is 87.0 Å².